The lowest BCUT2D eigenvalue weighted by Gasteiger charge is -2.32. The third-order valence-electron chi connectivity index (χ3n) is 4.97. The van der Waals surface area contributed by atoms with E-state index >= 15 is 0 Å². The molecular weight excluding hydrogens is 304 g/mol. The van der Waals surface area contributed by atoms with E-state index in [2.05, 4.69) is 21.3 Å². The number of hydrogen-bond donors (Lipinski definition) is 2. The first-order valence-corrected chi connectivity index (χ1v) is 9.17. The molecule has 134 valence electrons. The maximum Gasteiger partial charge on any atom is 0.188 e. The van der Waals surface area contributed by atoms with Gasteiger partial charge < -0.3 is 20.2 Å². The van der Waals surface area contributed by atoms with Gasteiger partial charge in [0.25, 0.3) is 0 Å². The average molecular weight is 334 g/mol. The Bertz CT molecular complexity index is 531. The van der Waals surface area contributed by atoms with Gasteiger partial charge in [0.15, 0.2) is 5.96 Å². The van der Waals surface area contributed by atoms with E-state index < -0.39 is 0 Å². The number of guanidine groups is 1. The van der Waals surface area contributed by atoms with Gasteiger partial charge in [0.1, 0.15) is 11.5 Å². The van der Waals surface area contributed by atoms with Crippen molar-refractivity contribution in [3.63, 3.8) is 0 Å². The van der Waals surface area contributed by atoms with Crippen molar-refractivity contribution in [2.24, 2.45) is 10.7 Å². The van der Waals surface area contributed by atoms with Crippen molar-refractivity contribution in [2.45, 2.75) is 51.1 Å². The van der Waals surface area contributed by atoms with Gasteiger partial charge in [0.05, 0.1) is 25.8 Å². The Morgan fingerprint density at radius 3 is 2.71 bits per heavy atom. The highest BCUT2D eigenvalue weighted by atomic mass is 16.5. The Kier molecular flexibility index (Phi) is 6.15. The molecule has 0 spiro atoms. The minimum Gasteiger partial charge on any atom is -0.465 e. The fraction of sp³-hybridized carbons (Fsp3) is 0.722. The lowest BCUT2D eigenvalue weighted by molar-refractivity contribution is 0.0135. The molecule has 2 heterocycles. The van der Waals surface area contributed by atoms with Crippen LogP contribution in [-0.4, -0.2) is 49.7 Å². The number of nitrogens with two attached hydrogens (primary N) is 1. The molecular formula is C18H30N4O2. The number of rotatable bonds is 5. The summed E-state index contributed by atoms with van der Waals surface area (Å²) in [5, 5.41) is 3.39. The Morgan fingerprint density at radius 2 is 2.04 bits per heavy atom. The van der Waals surface area contributed by atoms with Gasteiger partial charge >= 0.3 is 0 Å². The summed E-state index contributed by atoms with van der Waals surface area (Å²) in [6.07, 6.45) is 6.30. The van der Waals surface area contributed by atoms with Crippen LogP contribution in [0.2, 0.25) is 0 Å². The highest BCUT2D eigenvalue weighted by molar-refractivity contribution is 5.78. The van der Waals surface area contributed by atoms with Crippen LogP contribution in [0.5, 0.6) is 0 Å². The first kappa shape index (κ1) is 17.3. The van der Waals surface area contributed by atoms with Crippen molar-refractivity contribution in [1.82, 2.24) is 10.2 Å². The summed E-state index contributed by atoms with van der Waals surface area (Å²) < 4.78 is 11.3. The van der Waals surface area contributed by atoms with Gasteiger partial charge in [-0.05, 0) is 31.9 Å². The normalized spacial score (nSPS) is 22.5. The molecule has 0 amide bonds. The minimum absolute atomic E-state index is 0.120. The molecule has 0 radical (unpaired) electrons. The smallest absolute Gasteiger partial charge is 0.188 e. The average Bonchev–Trinajstić information content (AvgIpc) is 3.03. The van der Waals surface area contributed by atoms with Gasteiger partial charge in [-0.3, -0.25) is 9.89 Å². The first-order chi connectivity index (χ1) is 11.7. The molecule has 1 aliphatic heterocycles. The lowest BCUT2D eigenvalue weighted by Crippen LogP contribution is -2.43. The summed E-state index contributed by atoms with van der Waals surface area (Å²) in [5.74, 6) is 2.45. The monoisotopic (exact) mass is 334 g/mol. The van der Waals surface area contributed by atoms with E-state index in [4.69, 9.17) is 14.9 Å². The summed E-state index contributed by atoms with van der Waals surface area (Å²) in [6, 6.07) is 4.66. The van der Waals surface area contributed by atoms with E-state index in [9.17, 15) is 0 Å². The van der Waals surface area contributed by atoms with E-state index in [1.54, 1.807) is 0 Å². The van der Waals surface area contributed by atoms with Crippen LogP contribution < -0.4 is 11.1 Å². The van der Waals surface area contributed by atoms with Crippen molar-refractivity contribution in [1.29, 1.82) is 0 Å². The molecule has 1 saturated heterocycles. The molecule has 1 saturated carbocycles. The van der Waals surface area contributed by atoms with Gasteiger partial charge in [-0.1, -0.05) is 19.3 Å². The third-order valence-corrected chi connectivity index (χ3v) is 4.97. The summed E-state index contributed by atoms with van der Waals surface area (Å²) in [5.41, 5.74) is 6.13. The molecule has 3 rings (SSSR count). The number of ether oxygens (including phenoxy) is 1. The summed E-state index contributed by atoms with van der Waals surface area (Å²) >= 11 is 0. The van der Waals surface area contributed by atoms with E-state index in [0.29, 0.717) is 18.5 Å². The Morgan fingerprint density at radius 1 is 1.29 bits per heavy atom. The minimum atomic E-state index is 0.120. The molecule has 6 nitrogen and oxygen atoms in total. The summed E-state index contributed by atoms with van der Waals surface area (Å²) in [7, 11) is 0. The van der Waals surface area contributed by atoms with Crippen molar-refractivity contribution < 1.29 is 9.15 Å². The number of morpholine rings is 1. The van der Waals surface area contributed by atoms with Gasteiger partial charge in [-0.25, -0.2) is 0 Å². The number of nitrogens with zero attached hydrogens (tertiary/aromatic N) is 2. The zero-order valence-corrected chi connectivity index (χ0v) is 14.7. The number of aryl methyl sites for hydroxylation is 1. The van der Waals surface area contributed by atoms with Crippen molar-refractivity contribution >= 4 is 5.96 Å². The molecule has 1 aliphatic carbocycles. The quantitative estimate of drug-likeness (QED) is 0.638. The van der Waals surface area contributed by atoms with Crippen LogP contribution in [0.1, 0.15) is 49.7 Å². The molecule has 2 aliphatic rings. The van der Waals surface area contributed by atoms with Crippen molar-refractivity contribution in [2.75, 3.05) is 32.8 Å². The molecule has 1 aromatic heterocycles. The van der Waals surface area contributed by atoms with E-state index in [0.717, 1.165) is 37.8 Å². The predicted octanol–water partition coefficient (Wildman–Crippen LogP) is 2.20. The number of nitrogens with one attached hydrogen (secondary N) is 1. The van der Waals surface area contributed by atoms with Crippen LogP contribution >= 0.6 is 0 Å². The zero-order valence-electron chi connectivity index (χ0n) is 14.7. The molecule has 24 heavy (non-hydrogen) atoms. The molecule has 2 fully saturated rings. The van der Waals surface area contributed by atoms with Crippen LogP contribution in [0.15, 0.2) is 21.5 Å². The standard InChI is InChI=1S/C18H30N4O2/c1-14-7-8-17(24-14)16(22-9-11-23-12-10-22)13-20-18(19)21-15-5-3-2-4-6-15/h7-8,15-16H,2-6,9-13H2,1H3,(H3,19,20,21). The topological polar surface area (TPSA) is 76.0 Å². The van der Waals surface area contributed by atoms with Gasteiger partial charge in [0, 0.05) is 19.1 Å². The fourth-order valence-corrected chi connectivity index (χ4v) is 3.59. The maximum absolute atomic E-state index is 6.13. The molecule has 1 aromatic rings. The molecule has 0 aromatic carbocycles. The van der Waals surface area contributed by atoms with E-state index in [1.165, 1.54) is 32.1 Å². The maximum atomic E-state index is 6.13. The van der Waals surface area contributed by atoms with Crippen LogP contribution in [0.3, 0.4) is 0 Å². The molecule has 0 bridgehead atoms. The second-order valence-electron chi connectivity index (χ2n) is 6.82. The largest absolute Gasteiger partial charge is 0.465 e. The van der Waals surface area contributed by atoms with E-state index in [1.807, 2.05) is 13.0 Å². The SMILES string of the molecule is Cc1ccc(C(CN=C(N)NC2CCCCC2)N2CCOCC2)o1. The second-order valence-corrected chi connectivity index (χ2v) is 6.82. The molecule has 1 atom stereocenters. The molecule has 3 N–H and O–H groups in total. The van der Waals surface area contributed by atoms with Gasteiger partial charge in [-0.2, -0.15) is 0 Å². The van der Waals surface area contributed by atoms with Crippen molar-refractivity contribution in [3.05, 3.63) is 23.7 Å². The van der Waals surface area contributed by atoms with Crippen LogP contribution in [-0.2, 0) is 4.74 Å². The third kappa shape index (κ3) is 4.74. The number of aliphatic imine (C=N–C) groups is 1. The Balaban J connectivity index is 1.63. The highest BCUT2D eigenvalue weighted by Gasteiger charge is 2.25. The van der Waals surface area contributed by atoms with Gasteiger partial charge in [0.2, 0.25) is 0 Å². The second kappa shape index (κ2) is 8.53. The zero-order chi connectivity index (χ0) is 16.8. The fourth-order valence-electron chi connectivity index (χ4n) is 3.59. The summed E-state index contributed by atoms with van der Waals surface area (Å²) in [6.45, 7) is 5.90. The predicted molar refractivity (Wildman–Crippen MR) is 95.1 cm³/mol. The number of furan rings is 1. The van der Waals surface area contributed by atoms with Crippen LogP contribution in [0, 0.1) is 6.92 Å². The Hall–Kier alpha value is -1.53. The van der Waals surface area contributed by atoms with Crippen molar-refractivity contribution in [3.8, 4) is 0 Å². The lowest BCUT2D eigenvalue weighted by atomic mass is 9.96. The Labute approximate surface area is 144 Å². The van der Waals surface area contributed by atoms with Crippen LogP contribution in [0.4, 0.5) is 0 Å². The molecule has 1 unspecified atom stereocenters. The summed E-state index contributed by atoms with van der Waals surface area (Å²) in [4.78, 5) is 6.99. The molecule has 6 heteroatoms. The van der Waals surface area contributed by atoms with E-state index in [-0.39, 0.29) is 6.04 Å². The first-order valence-electron chi connectivity index (χ1n) is 9.17. The highest BCUT2D eigenvalue weighted by Crippen LogP contribution is 2.24. The number of hydrogen-bond acceptors (Lipinski definition) is 4. The van der Waals surface area contributed by atoms with Gasteiger partial charge in [-0.15, -0.1) is 0 Å². The van der Waals surface area contributed by atoms with Crippen LogP contribution in [0.25, 0.3) is 0 Å².